The molecule has 1 aromatic heterocycles. The van der Waals surface area contributed by atoms with Gasteiger partial charge in [-0.15, -0.1) is 0 Å². The maximum atomic E-state index is 6.11. The Morgan fingerprint density at radius 3 is 2.60 bits per heavy atom. The van der Waals surface area contributed by atoms with Crippen LogP contribution in [0.3, 0.4) is 0 Å². The first-order valence-corrected chi connectivity index (χ1v) is 7.91. The third kappa shape index (κ3) is 2.74. The molecule has 0 aliphatic heterocycles. The molecule has 3 rings (SSSR count). The van der Waals surface area contributed by atoms with Crippen LogP contribution in [0.5, 0.6) is 0 Å². The van der Waals surface area contributed by atoms with Crippen molar-refractivity contribution in [3.8, 4) is 0 Å². The van der Waals surface area contributed by atoms with Crippen LogP contribution in [0, 0.1) is 5.92 Å². The smallest absolute Gasteiger partial charge is 0.231 e. The summed E-state index contributed by atoms with van der Waals surface area (Å²) in [5.41, 5.74) is 6.11. The molecule has 5 heteroatoms. The van der Waals surface area contributed by atoms with Crippen LogP contribution in [0.2, 0.25) is 0 Å². The van der Waals surface area contributed by atoms with E-state index in [9.17, 15) is 0 Å². The van der Waals surface area contributed by atoms with Crippen LogP contribution >= 0.6 is 0 Å². The van der Waals surface area contributed by atoms with Gasteiger partial charge in [0.1, 0.15) is 6.10 Å². The number of aromatic nitrogens is 2. The minimum atomic E-state index is -0.0228. The average Bonchev–Trinajstić information content (AvgIpc) is 3.10. The van der Waals surface area contributed by atoms with Gasteiger partial charge in [-0.1, -0.05) is 30.8 Å². The average molecular weight is 279 g/mol. The molecule has 0 aromatic carbocycles. The van der Waals surface area contributed by atoms with E-state index in [1.807, 2.05) is 0 Å². The maximum absolute atomic E-state index is 6.11. The van der Waals surface area contributed by atoms with Crippen LogP contribution in [-0.4, -0.2) is 23.3 Å². The summed E-state index contributed by atoms with van der Waals surface area (Å²) < 4.78 is 11.1. The molecule has 20 heavy (non-hydrogen) atoms. The Bertz CT molecular complexity index is 429. The van der Waals surface area contributed by atoms with Gasteiger partial charge >= 0.3 is 0 Å². The molecule has 112 valence electrons. The summed E-state index contributed by atoms with van der Waals surface area (Å²) in [7, 11) is 1.75. The number of hydrogen-bond acceptors (Lipinski definition) is 5. The minimum absolute atomic E-state index is 0.0228. The van der Waals surface area contributed by atoms with E-state index in [1.165, 1.54) is 32.1 Å². The van der Waals surface area contributed by atoms with E-state index in [4.69, 9.17) is 15.0 Å². The Morgan fingerprint density at radius 2 is 1.95 bits per heavy atom. The van der Waals surface area contributed by atoms with Gasteiger partial charge in [0.05, 0.1) is 5.92 Å². The normalized spacial score (nSPS) is 29.7. The number of rotatable bonds is 4. The van der Waals surface area contributed by atoms with Crippen LogP contribution in [0.25, 0.3) is 0 Å². The van der Waals surface area contributed by atoms with Crippen LogP contribution in [-0.2, 0) is 4.74 Å². The molecule has 3 unspecified atom stereocenters. The topological polar surface area (TPSA) is 74.2 Å². The summed E-state index contributed by atoms with van der Waals surface area (Å²) in [6.07, 6.45) is 9.54. The molecule has 0 bridgehead atoms. The van der Waals surface area contributed by atoms with Crippen LogP contribution in [0.1, 0.15) is 75.1 Å². The fourth-order valence-corrected chi connectivity index (χ4v) is 3.75. The molecule has 2 fully saturated rings. The molecule has 2 N–H and O–H groups in total. The lowest BCUT2D eigenvalue weighted by molar-refractivity contribution is 0.0273. The summed E-state index contributed by atoms with van der Waals surface area (Å²) in [5, 5.41) is 4.17. The highest BCUT2D eigenvalue weighted by molar-refractivity contribution is 5.04. The third-order valence-electron chi connectivity index (χ3n) is 4.93. The predicted molar refractivity (Wildman–Crippen MR) is 75.2 cm³/mol. The second-order valence-corrected chi connectivity index (χ2v) is 6.25. The number of ether oxygens (including phenoxy) is 1. The maximum Gasteiger partial charge on any atom is 0.231 e. The Kier molecular flexibility index (Phi) is 4.36. The van der Waals surface area contributed by atoms with Crippen molar-refractivity contribution in [3.05, 3.63) is 11.7 Å². The van der Waals surface area contributed by atoms with Gasteiger partial charge < -0.3 is 15.0 Å². The van der Waals surface area contributed by atoms with Crippen molar-refractivity contribution in [2.45, 2.75) is 69.4 Å². The standard InChI is InChI=1S/C15H25N3O2/c1-19-13(10-6-3-2-4-7-10)14-17-15(20-18-14)11-8-5-9-12(11)16/h10-13H,2-9,16H2,1H3. The lowest BCUT2D eigenvalue weighted by Gasteiger charge is -2.26. The summed E-state index contributed by atoms with van der Waals surface area (Å²) in [6, 6.07) is 0.166. The minimum Gasteiger partial charge on any atom is -0.373 e. The quantitative estimate of drug-likeness (QED) is 0.917. The molecule has 1 aromatic rings. The largest absolute Gasteiger partial charge is 0.373 e. The molecule has 0 radical (unpaired) electrons. The van der Waals surface area contributed by atoms with Crippen molar-refractivity contribution in [1.29, 1.82) is 0 Å². The molecule has 2 aliphatic rings. The Balaban J connectivity index is 1.73. The lowest BCUT2D eigenvalue weighted by atomic mass is 9.85. The van der Waals surface area contributed by atoms with Crippen molar-refractivity contribution in [1.82, 2.24) is 10.1 Å². The van der Waals surface area contributed by atoms with Gasteiger partial charge in [-0.2, -0.15) is 4.98 Å². The second kappa shape index (κ2) is 6.22. The molecule has 2 aliphatic carbocycles. The summed E-state index contributed by atoms with van der Waals surface area (Å²) in [4.78, 5) is 4.61. The SMILES string of the molecule is COC(c1noc(C2CCCC2N)n1)C1CCCCC1. The van der Waals surface area contributed by atoms with Crippen molar-refractivity contribution in [2.24, 2.45) is 11.7 Å². The molecule has 0 amide bonds. The van der Waals surface area contributed by atoms with E-state index >= 15 is 0 Å². The molecule has 2 saturated carbocycles. The van der Waals surface area contributed by atoms with Gasteiger partial charge in [-0.05, 0) is 31.6 Å². The van der Waals surface area contributed by atoms with Crippen LogP contribution in [0.15, 0.2) is 4.52 Å². The van der Waals surface area contributed by atoms with Crippen LogP contribution < -0.4 is 5.73 Å². The van der Waals surface area contributed by atoms with E-state index in [0.29, 0.717) is 17.6 Å². The van der Waals surface area contributed by atoms with Gasteiger partial charge in [0, 0.05) is 13.2 Å². The van der Waals surface area contributed by atoms with Gasteiger partial charge in [0.15, 0.2) is 0 Å². The van der Waals surface area contributed by atoms with Crippen molar-refractivity contribution < 1.29 is 9.26 Å². The number of nitrogens with two attached hydrogens (primary N) is 1. The summed E-state index contributed by atoms with van der Waals surface area (Å²) in [6.45, 7) is 0. The van der Waals surface area contributed by atoms with Crippen molar-refractivity contribution >= 4 is 0 Å². The van der Waals surface area contributed by atoms with E-state index in [0.717, 1.165) is 19.3 Å². The summed E-state index contributed by atoms with van der Waals surface area (Å²) >= 11 is 0. The lowest BCUT2D eigenvalue weighted by Crippen LogP contribution is -2.23. The van der Waals surface area contributed by atoms with Crippen LogP contribution in [0.4, 0.5) is 0 Å². The highest BCUT2D eigenvalue weighted by Crippen LogP contribution is 2.37. The van der Waals surface area contributed by atoms with E-state index in [1.54, 1.807) is 7.11 Å². The zero-order valence-electron chi connectivity index (χ0n) is 12.3. The van der Waals surface area contributed by atoms with Gasteiger partial charge in [0.2, 0.25) is 11.7 Å². The first-order valence-electron chi connectivity index (χ1n) is 7.91. The zero-order chi connectivity index (χ0) is 13.9. The highest BCUT2D eigenvalue weighted by Gasteiger charge is 2.33. The van der Waals surface area contributed by atoms with E-state index < -0.39 is 0 Å². The first-order chi connectivity index (χ1) is 9.79. The Labute approximate surface area is 120 Å². The third-order valence-corrected chi connectivity index (χ3v) is 4.93. The monoisotopic (exact) mass is 279 g/mol. The number of nitrogens with zero attached hydrogens (tertiary/aromatic N) is 2. The predicted octanol–water partition coefficient (Wildman–Crippen LogP) is 2.93. The number of hydrogen-bond donors (Lipinski definition) is 1. The molecule has 5 nitrogen and oxygen atoms in total. The highest BCUT2D eigenvalue weighted by atomic mass is 16.5. The molecular formula is C15H25N3O2. The molecule has 3 atom stereocenters. The number of methoxy groups -OCH3 is 1. The molecular weight excluding hydrogens is 254 g/mol. The van der Waals surface area contributed by atoms with Gasteiger partial charge in [-0.3, -0.25) is 0 Å². The fourth-order valence-electron chi connectivity index (χ4n) is 3.75. The van der Waals surface area contributed by atoms with Gasteiger partial charge in [0.25, 0.3) is 0 Å². The van der Waals surface area contributed by atoms with E-state index in [2.05, 4.69) is 10.1 Å². The zero-order valence-corrected chi connectivity index (χ0v) is 12.3. The molecule has 1 heterocycles. The van der Waals surface area contributed by atoms with Crippen molar-refractivity contribution in [2.75, 3.05) is 7.11 Å². The van der Waals surface area contributed by atoms with E-state index in [-0.39, 0.29) is 18.1 Å². The second-order valence-electron chi connectivity index (χ2n) is 6.25. The van der Waals surface area contributed by atoms with Crippen molar-refractivity contribution in [3.63, 3.8) is 0 Å². The first kappa shape index (κ1) is 14.0. The molecule has 0 spiro atoms. The Morgan fingerprint density at radius 1 is 1.15 bits per heavy atom. The summed E-state index contributed by atoms with van der Waals surface area (Å²) in [5.74, 6) is 2.19. The Hall–Kier alpha value is -0.940. The van der Waals surface area contributed by atoms with Gasteiger partial charge in [-0.25, -0.2) is 0 Å². The molecule has 0 saturated heterocycles. The fraction of sp³-hybridized carbons (Fsp3) is 0.867.